The molecule has 2 amide bonds. The van der Waals surface area contributed by atoms with Gasteiger partial charge in [-0.15, -0.1) is 0 Å². The van der Waals surface area contributed by atoms with Crippen molar-refractivity contribution in [2.75, 3.05) is 23.9 Å². The molecule has 0 aliphatic carbocycles. The zero-order valence-corrected chi connectivity index (χ0v) is 12.3. The van der Waals surface area contributed by atoms with Gasteiger partial charge in [0.2, 0.25) is 0 Å². The number of nitrogens with one attached hydrogen (secondary N) is 2. The van der Waals surface area contributed by atoms with E-state index < -0.39 is 0 Å². The number of aromatic nitrogens is 3. The molecule has 7 heteroatoms. The fraction of sp³-hybridized carbons (Fsp3) is 0.308. The first kappa shape index (κ1) is 14.4. The molecule has 0 bridgehead atoms. The molecule has 0 unspecified atom stereocenters. The van der Waals surface area contributed by atoms with Crippen LogP contribution < -0.4 is 10.6 Å². The van der Waals surface area contributed by atoms with E-state index in [0.717, 1.165) is 17.0 Å². The topological polar surface area (TPSA) is 71.8 Å². The third-order valence-corrected chi connectivity index (χ3v) is 3.28. The van der Waals surface area contributed by atoms with Gasteiger partial charge in [-0.25, -0.2) is 4.79 Å². The van der Waals surface area contributed by atoms with Crippen LogP contribution >= 0.6 is 11.8 Å². The van der Waals surface area contributed by atoms with Gasteiger partial charge < -0.3 is 5.32 Å². The summed E-state index contributed by atoms with van der Waals surface area (Å²) in [5, 5.41) is 9.92. The third kappa shape index (κ3) is 3.74. The highest BCUT2D eigenvalue weighted by molar-refractivity contribution is 7.98. The molecule has 0 saturated carbocycles. The number of hydrogen-bond acceptors (Lipinski definition) is 4. The summed E-state index contributed by atoms with van der Waals surface area (Å²) in [6.07, 6.45) is 5.45. The number of nitrogens with zero attached hydrogens (tertiary/aromatic N) is 3. The Bertz CT molecular complexity index is 569. The van der Waals surface area contributed by atoms with E-state index in [0.29, 0.717) is 12.4 Å². The number of aryl methyl sites for hydroxylation is 1. The molecule has 0 saturated heterocycles. The summed E-state index contributed by atoms with van der Waals surface area (Å²) >= 11 is 1.69. The van der Waals surface area contributed by atoms with Crippen molar-refractivity contribution in [2.45, 2.75) is 0 Å². The molecule has 0 atom stereocenters. The van der Waals surface area contributed by atoms with Crippen LogP contribution in [0.2, 0.25) is 0 Å². The van der Waals surface area contributed by atoms with Crippen molar-refractivity contribution in [3.05, 3.63) is 30.6 Å². The number of thioether (sulfide) groups is 1. The van der Waals surface area contributed by atoms with Crippen LogP contribution in [0, 0.1) is 0 Å². The maximum Gasteiger partial charge on any atom is 0.320 e. The predicted octanol–water partition coefficient (Wildman–Crippen LogP) is 1.97. The number of anilines is 1. The van der Waals surface area contributed by atoms with Crippen molar-refractivity contribution in [1.82, 2.24) is 20.1 Å². The summed E-state index contributed by atoms with van der Waals surface area (Å²) < 4.78 is 1.64. The maximum atomic E-state index is 11.7. The second-order valence-electron chi connectivity index (χ2n) is 4.15. The fourth-order valence-corrected chi connectivity index (χ4v) is 1.97. The number of carbonyl (C=O) groups excluding carboxylic acids is 1. The first-order valence-electron chi connectivity index (χ1n) is 6.19. The first-order chi connectivity index (χ1) is 9.70. The predicted molar refractivity (Wildman–Crippen MR) is 81.8 cm³/mol. The van der Waals surface area contributed by atoms with Crippen LogP contribution in [-0.2, 0) is 7.05 Å². The minimum atomic E-state index is -0.222. The molecule has 2 aromatic rings. The summed E-state index contributed by atoms with van der Waals surface area (Å²) in [4.78, 5) is 15.8. The van der Waals surface area contributed by atoms with Crippen molar-refractivity contribution in [3.63, 3.8) is 0 Å². The van der Waals surface area contributed by atoms with Gasteiger partial charge in [0.15, 0.2) is 0 Å². The van der Waals surface area contributed by atoms with Crippen LogP contribution in [0.15, 0.2) is 30.6 Å². The second kappa shape index (κ2) is 6.95. The number of amides is 2. The normalized spacial score (nSPS) is 10.3. The van der Waals surface area contributed by atoms with E-state index in [9.17, 15) is 4.79 Å². The van der Waals surface area contributed by atoms with Gasteiger partial charge in [0.25, 0.3) is 0 Å². The Morgan fingerprint density at radius 2 is 2.35 bits per heavy atom. The highest BCUT2D eigenvalue weighted by Gasteiger charge is 2.09. The molecule has 106 valence electrons. The average molecular weight is 291 g/mol. The zero-order valence-electron chi connectivity index (χ0n) is 11.5. The van der Waals surface area contributed by atoms with Crippen LogP contribution in [0.1, 0.15) is 0 Å². The summed E-state index contributed by atoms with van der Waals surface area (Å²) in [5.74, 6) is 1.53. The van der Waals surface area contributed by atoms with Crippen molar-refractivity contribution < 1.29 is 4.79 Å². The molecule has 6 nitrogen and oxygen atoms in total. The third-order valence-electron chi connectivity index (χ3n) is 2.67. The molecule has 2 rings (SSSR count). The van der Waals surface area contributed by atoms with Crippen LogP contribution in [-0.4, -0.2) is 39.3 Å². The Balaban J connectivity index is 2.03. The van der Waals surface area contributed by atoms with E-state index in [2.05, 4.69) is 20.7 Å². The highest BCUT2D eigenvalue weighted by atomic mass is 32.2. The smallest absolute Gasteiger partial charge is 0.320 e. The van der Waals surface area contributed by atoms with Crippen molar-refractivity contribution in [2.24, 2.45) is 7.05 Å². The average Bonchev–Trinajstić information content (AvgIpc) is 2.81. The second-order valence-corrected chi connectivity index (χ2v) is 5.14. The minimum absolute atomic E-state index is 0.222. The van der Waals surface area contributed by atoms with Gasteiger partial charge >= 0.3 is 6.03 Å². The molecule has 2 N–H and O–H groups in total. The quantitative estimate of drug-likeness (QED) is 0.826. The summed E-state index contributed by atoms with van der Waals surface area (Å²) in [7, 11) is 1.79. The molecule has 2 heterocycles. The Labute approximate surface area is 122 Å². The Hall–Kier alpha value is -2.02. The lowest BCUT2D eigenvalue weighted by atomic mass is 10.2. The van der Waals surface area contributed by atoms with E-state index in [-0.39, 0.29) is 6.03 Å². The van der Waals surface area contributed by atoms with Crippen molar-refractivity contribution in [3.8, 4) is 11.3 Å². The van der Waals surface area contributed by atoms with Gasteiger partial charge in [-0.3, -0.25) is 15.0 Å². The molecule has 0 aliphatic heterocycles. The lowest BCUT2D eigenvalue weighted by molar-refractivity contribution is 0.252. The van der Waals surface area contributed by atoms with Crippen molar-refractivity contribution in [1.29, 1.82) is 0 Å². The molecule has 0 aromatic carbocycles. The molecular weight excluding hydrogens is 274 g/mol. The van der Waals surface area contributed by atoms with E-state index in [1.165, 1.54) is 0 Å². The van der Waals surface area contributed by atoms with E-state index >= 15 is 0 Å². The monoisotopic (exact) mass is 291 g/mol. The lowest BCUT2D eigenvalue weighted by Crippen LogP contribution is -2.31. The summed E-state index contributed by atoms with van der Waals surface area (Å²) in [6.45, 7) is 0.639. The number of carbonyl (C=O) groups is 1. The van der Waals surface area contributed by atoms with Crippen LogP contribution in [0.5, 0.6) is 0 Å². The molecule has 0 radical (unpaired) electrons. The first-order valence-corrected chi connectivity index (χ1v) is 7.58. The Morgan fingerprint density at radius 3 is 3.05 bits per heavy atom. The van der Waals surface area contributed by atoms with Crippen LogP contribution in [0.3, 0.4) is 0 Å². The van der Waals surface area contributed by atoms with Gasteiger partial charge in [-0.2, -0.15) is 16.9 Å². The fourth-order valence-electron chi connectivity index (χ4n) is 1.67. The minimum Gasteiger partial charge on any atom is -0.337 e. The van der Waals surface area contributed by atoms with Gasteiger partial charge in [0.05, 0.1) is 5.69 Å². The molecular formula is C13H17N5OS. The highest BCUT2D eigenvalue weighted by Crippen LogP contribution is 2.19. The number of urea groups is 1. The van der Waals surface area contributed by atoms with E-state index in [4.69, 9.17) is 0 Å². The largest absolute Gasteiger partial charge is 0.337 e. The molecule has 0 aliphatic rings. The molecule has 20 heavy (non-hydrogen) atoms. The van der Waals surface area contributed by atoms with E-state index in [1.807, 2.05) is 24.5 Å². The Kier molecular flexibility index (Phi) is 5.00. The van der Waals surface area contributed by atoms with Gasteiger partial charge in [0, 0.05) is 43.4 Å². The van der Waals surface area contributed by atoms with Crippen LogP contribution in [0.25, 0.3) is 11.3 Å². The molecule has 0 fully saturated rings. The number of rotatable bonds is 5. The van der Waals surface area contributed by atoms with Crippen molar-refractivity contribution >= 4 is 23.6 Å². The molecule has 2 aromatic heterocycles. The SMILES string of the molecule is CSCCNC(=O)Nc1cc(-c2cccnc2)nn1C. The van der Waals surface area contributed by atoms with Crippen LogP contribution in [0.4, 0.5) is 10.6 Å². The van der Waals surface area contributed by atoms with Gasteiger partial charge in [-0.05, 0) is 18.4 Å². The maximum absolute atomic E-state index is 11.7. The van der Waals surface area contributed by atoms with E-state index in [1.54, 1.807) is 35.9 Å². The number of hydrogen-bond donors (Lipinski definition) is 2. The molecule has 0 spiro atoms. The van der Waals surface area contributed by atoms with Gasteiger partial charge in [-0.1, -0.05) is 0 Å². The summed E-state index contributed by atoms with van der Waals surface area (Å²) in [5.41, 5.74) is 1.69. The van der Waals surface area contributed by atoms with Gasteiger partial charge in [0.1, 0.15) is 5.82 Å². The lowest BCUT2D eigenvalue weighted by Gasteiger charge is -2.06. The Morgan fingerprint density at radius 1 is 1.50 bits per heavy atom. The summed E-state index contributed by atoms with van der Waals surface area (Å²) in [6, 6.07) is 5.38. The standard InChI is InChI=1S/C13H17N5OS/c1-18-12(16-13(19)15-6-7-20-2)8-11(17-18)10-4-3-5-14-9-10/h3-5,8-9H,6-7H2,1-2H3,(H2,15,16,19). The zero-order chi connectivity index (χ0) is 14.4. The number of pyridine rings is 1.